The van der Waals surface area contributed by atoms with Crippen LogP contribution in [0.1, 0.15) is 31.2 Å². The average molecular weight is 293 g/mol. The third-order valence-corrected chi connectivity index (χ3v) is 3.95. The van der Waals surface area contributed by atoms with E-state index >= 15 is 0 Å². The van der Waals surface area contributed by atoms with Gasteiger partial charge in [0, 0.05) is 24.8 Å². The molecule has 1 aliphatic rings. The maximum absolute atomic E-state index is 12.5. The summed E-state index contributed by atoms with van der Waals surface area (Å²) in [7, 11) is 3.54. The van der Waals surface area contributed by atoms with Gasteiger partial charge < -0.3 is 4.90 Å². The number of rotatable bonds is 2. The summed E-state index contributed by atoms with van der Waals surface area (Å²) in [4.78, 5) is 15.9. The van der Waals surface area contributed by atoms with Crippen LogP contribution in [0.5, 0.6) is 0 Å². The van der Waals surface area contributed by atoms with Gasteiger partial charge in [0.1, 0.15) is 0 Å². The highest BCUT2D eigenvalue weighted by atomic mass is 35.5. The zero-order valence-electron chi connectivity index (χ0n) is 12.3. The number of aryl methyl sites for hydroxylation is 1. The lowest BCUT2D eigenvalue weighted by molar-refractivity contribution is 0.225. The molecule has 1 aromatic rings. The highest BCUT2D eigenvalue weighted by Gasteiger charge is 2.23. The molecule has 1 aromatic carbocycles. The van der Waals surface area contributed by atoms with Crippen molar-refractivity contribution in [3.63, 3.8) is 0 Å². The Labute approximate surface area is 125 Å². The number of urea groups is 1. The monoisotopic (exact) mass is 292 g/mol. The van der Waals surface area contributed by atoms with Gasteiger partial charge >= 0.3 is 6.03 Å². The van der Waals surface area contributed by atoms with Crippen molar-refractivity contribution in [2.45, 2.75) is 32.6 Å². The summed E-state index contributed by atoms with van der Waals surface area (Å²) in [6, 6.07) is 5.75. The van der Waals surface area contributed by atoms with Crippen molar-refractivity contribution in [1.29, 1.82) is 0 Å². The third kappa shape index (κ3) is 3.15. The highest BCUT2D eigenvalue weighted by Crippen LogP contribution is 2.30. The second-order valence-corrected chi connectivity index (χ2v) is 5.79. The topological polar surface area (TPSA) is 23.6 Å². The molecule has 0 N–H and O–H groups in total. The van der Waals surface area contributed by atoms with Crippen molar-refractivity contribution < 1.29 is 4.79 Å². The Kier molecular flexibility index (Phi) is 4.71. The lowest BCUT2D eigenvalue weighted by Gasteiger charge is -2.30. The summed E-state index contributed by atoms with van der Waals surface area (Å²) < 4.78 is 0. The average Bonchev–Trinajstić information content (AvgIpc) is 2.44. The summed E-state index contributed by atoms with van der Waals surface area (Å²) in [5.41, 5.74) is 2.94. The first-order chi connectivity index (χ1) is 9.50. The first-order valence-corrected chi connectivity index (χ1v) is 7.35. The number of hydrogen-bond acceptors (Lipinski definition) is 1. The molecule has 0 bridgehead atoms. The molecule has 108 valence electrons. The predicted molar refractivity (Wildman–Crippen MR) is 84.3 cm³/mol. The standard InChI is InChI=1S/C16H21ClN2O/c1-12-9-10-14(11-15(12)17)19(16(20)18(2)3)13-7-5-4-6-8-13/h7,9-11H,4-6,8H2,1-3H3. The number of allylic oxidation sites excluding steroid dienone is 2. The number of nitrogens with zero attached hydrogens (tertiary/aromatic N) is 2. The molecule has 0 fully saturated rings. The highest BCUT2D eigenvalue weighted by molar-refractivity contribution is 6.31. The van der Waals surface area contributed by atoms with Gasteiger partial charge in [0.2, 0.25) is 0 Å². The molecule has 0 aliphatic heterocycles. The minimum atomic E-state index is -0.0296. The minimum absolute atomic E-state index is 0.0296. The Morgan fingerprint density at radius 1 is 1.25 bits per heavy atom. The Morgan fingerprint density at radius 2 is 2.00 bits per heavy atom. The van der Waals surface area contributed by atoms with Crippen LogP contribution in [-0.2, 0) is 0 Å². The Bertz CT molecular complexity index is 537. The van der Waals surface area contributed by atoms with Crippen molar-refractivity contribution in [1.82, 2.24) is 4.90 Å². The van der Waals surface area contributed by atoms with Crippen LogP contribution in [0, 0.1) is 6.92 Å². The molecule has 2 amide bonds. The summed E-state index contributed by atoms with van der Waals surface area (Å²) >= 11 is 6.21. The van der Waals surface area contributed by atoms with Gasteiger partial charge in [-0.2, -0.15) is 0 Å². The van der Waals surface area contributed by atoms with Gasteiger partial charge in [-0.1, -0.05) is 23.7 Å². The van der Waals surface area contributed by atoms with E-state index in [0.29, 0.717) is 5.02 Å². The molecule has 20 heavy (non-hydrogen) atoms. The van der Waals surface area contributed by atoms with E-state index in [-0.39, 0.29) is 6.03 Å². The fourth-order valence-corrected chi connectivity index (χ4v) is 2.52. The van der Waals surface area contributed by atoms with Crippen LogP contribution < -0.4 is 4.90 Å². The Hall–Kier alpha value is -1.48. The van der Waals surface area contributed by atoms with Crippen LogP contribution in [0.25, 0.3) is 0 Å². The van der Waals surface area contributed by atoms with Crippen LogP contribution in [0.2, 0.25) is 5.02 Å². The van der Waals surface area contributed by atoms with Crippen LogP contribution in [0.15, 0.2) is 30.0 Å². The number of halogens is 1. The fraction of sp³-hybridized carbons (Fsp3) is 0.438. The fourth-order valence-electron chi connectivity index (χ4n) is 2.34. The lowest BCUT2D eigenvalue weighted by atomic mass is 10.0. The molecule has 0 atom stereocenters. The van der Waals surface area contributed by atoms with Gasteiger partial charge in [-0.3, -0.25) is 4.90 Å². The first kappa shape index (κ1) is 14.9. The first-order valence-electron chi connectivity index (χ1n) is 6.97. The molecular weight excluding hydrogens is 272 g/mol. The van der Waals surface area contributed by atoms with Crippen LogP contribution in [-0.4, -0.2) is 25.0 Å². The van der Waals surface area contributed by atoms with Crippen molar-refractivity contribution >= 4 is 23.3 Å². The summed E-state index contributed by atoms with van der Waals surface area (Å²) in [5, 5.41) is 0.690. The normalized spacial score (nSPS) is 14.7. The van der Waals surface area contributed by atoms with E-state index in [1.54, 1.807) is 23.9 Å². The second kappa shape index (κ2) is 6.31. The molecular formula is C16H21ClN2O. The van der Waals surface area contributed by atoms with Crippen molar-refractivity contribution in [3.8, 4) is 0 Å². The number of anilines is 1. The Balaban J connectivity index is 2.42. The minimum Gasteiger partial charge on any atom is -0.330 e. The van der Waals surface area contributed by atoms with Crippen LogP contribution in [0.4, 0.5) is 10.5 Å². The zero-order chi connectivity index (χ0) is 14.7. The molecule has 0 spiro atoms. The molecule has 2 rings (SSSR count). The number of hydrogen-bond donors (Lipinski definition) is 0. The smallest absolute Gasteiger partial charge is 0.328 e. The SMILES string of the molecule is Cc1ccc(N(C(=O)N(C)C)C2=CCCCC2)cc1Cl. The van der Waals surface area contributed by atoms with Crippen LogP contribution >= 0.6 is 11.6 Å². The molecule has 0 saturated carbocycles. The number of amides is 2. The van der Waals surface area contributed by atoms with Crippen molar-refractivity contribution in [2.75, 3.05) is 19.0 Å². The summed E-state index contributed by atoms with van der Waals surface area (Å²) in [6.45, 7) is 1.96. The van der Waals surface area contributed by atoms with Crippen LogP contribution in [0.3, 0.4) is 0 Å². The summed E-state index contributed by atoms with van der Waals surface area (Å²) in [5.74, 6) is 0. The molecule has 0 heterocycles. The maximum atomic E-state index is 12.5. The van der Waals surface area contributed by atoms with Gasteiger partial charge in [-0.25, -0.2) is 4.79 Å². The van der Waals surface area contributed by atoms with E-state index in [4.69, 9.17) is 11.6 Å². The van der Waals surface area contributed by atoms with E-state index in [0.717, 1.165) is 36.2 Å². The number of benzene rings is 1. The lowest BCUT2D eigenvalue weighted by Crippen LogP contribution is -2.39. The quantitative estimate of drug-likeness (QED) is 0.782. The van der Waals surface area contributed by atoms with E-state index < -0.39 is 0 Å². The molecule has 0 aromatic heterocycles. The largest absolute Gasteiger partial charge is 0.330 e. The number of carbonyl (C=O) groups is 1. The molecule has 0 unspecified atom stereocenters. The Morgan fingerprint density at radius 3 is 2.55 bits per heavy atom. The van der Waals surface area contributed by atoms with E-state index in [2.05, 4.69) is 6.08 Å². The van der Waals surface area contributed by atoms with Crippen molar-refractivity contribution in [2.24, 2.45) is 0 Å². The van der Waals surface area contributed by atoms with Gasteiger partial charge in [-0.15, -0.1) is 0 Å². The van der Waals surface area contributed by atoms with E-state index in [9.17, 15) is 4.79 Å². The third-order valence-electron chi connectivity index (χ3n) is 3.54. The summed E-state index contributed by atoms with van der Waals surface area (Å²) in [6.07, 6.45) is 6.46. The predicted octanol–water partition coefficient (Wildman–Crippen LogP) is 4.59. The van der Waals surface area contributed by atoms with Gasteiger partial charge in [-0.05, 0) is 50.3 Å². The van der Waals surface area contributed by atoms with E-state index in [1.807, 2.05) is 25.1 Å². The second-order valence-electron chi connectivity index (χ2n) is 5.39. The molecule has 4 heteroatoms. The van der Waals surface area contributed by atoms with Crippen molar-refractivity contribution in [3.05, 3.63) is 40.6 Å². The van der Waals surface area contributed by atoms with E-state index in [1.165, 1.54) is 6.42 Å². The molecule has 0 saturated heterocycles. The van der Waals surface area contributed by atoms with Gasteiger partial charge in [0.15, 0.2) is 0 Å². The molecule has 0 radical (unpaired) electrons. The zero-order valence-corrected chi connectivity index (χ0v) is 13.1. The van der Waals surface area contributed by atoms with Gasteiger partial charge in [0.25, 0.3) is 0 Å². The number of carbonyl (C=O) groups excluding carboxylic acids is 1. The van der Waals surface area contributed by atoms with Gasteiger partial charge in [0.05, 0.1) is 5.69 Å². The molecule has 3 nitrogen and oxygen atoms in total. The maximum Gasteiger partial charge on any atom is 0.328 e. The molecule has 1 aliphatic carbocycles.